The van der Waals surface area contributed by atoms with Gasteiger partial charge in [-0.3, -0.25) is 0 Å². The molecule has 0 amide bonds. The number of carbonyl (C=O) groups is 1. The minimum absolute atomic E-state index is 0.0116. The Hall–Kier alpha value is -0.410. The van der Waals surface area contributed by atoms with Crippen LogP contribution in [-0.4, -0.2) is 28.7 Å². The topological polar surface area (TPSA) is 57.5 Å². The summed E-state index contributed by atoms with van der Waals surface area (Å²) in [5, 5.41) is 17.2. The zero-order valence-corrected chi connectivity index (χ0v) is 4.74. The molecule has 0 saturated carbocycles. The Balaban J connectivity index is 3.30. The average Bonchev–Trinajstić information content (AvgIpc) is 1.67. The smallest absolute Gasteiger partial charge is 0.122 e. The van der Waals surface area contributed by atoms with Crippen LogP contribution in [0.1, 0.15) is 13.3 Å². The zero-order valence-electron chi connectivity index (χ0n) is 4.74. The van der Waals surface area contributed by atoms with Gasteiger partial charge < -0.3 is 15.0 Å². The quantitative estimate of drug-likeness (QED) is 0.482. The molecule has 0 fully saturated rings. The Morgan fingerprint density at radius 1 is 1.62 bits per heavy atom. The highest BCUT2D eigenvalue weighted by molar-refractivity contribution is 5.50. The SMILES string of the molecule is C[C@@H](O)[C@H](O)CC=O. The molecule has 0 unspecified atom stereocenters. The van der Waals surface area contributed by atoms with Crippen LogP contribution in [0.5, 0.6) is 0 Å². The van der Waals surface area contributed by atoms with Crippen molar-refractivity contribution in [3.8, 4) is 0 Å². The van der Waals surface area contributed by atoms with Crippen molar-refractivity contribution in [3.05, 3.63) is 0 Å². The van der Waals surface area contributed by atoms with Crippen molar-refractivity contribution in [3.63, 3.8) is 0 Å². The monoisotopic (exact) mass is 118 g/mol. The largest absolute Gasteiger partial charge is 0.391 e. The van der Waals surface area contributed by atoms with Crippen LogP contribution in [0.2, 0.25) is 0 Å². The molecule has 0 aliphatic heterocycles. The van der Waals surface area contributed by atoms with E-state index in [9.17, 15) is 4.79 Å². The van der Waals surface area contributed by atoms with Gasteiger partial charge in [-0.2, -0.15) is 0 Å². The molecule has 0 aromatic heterocycles. The number of aliphatic hydroxyl groups is 2. The molecule has 3 nitrogen and oxygen atoms in total. The van der Waals surface area contributed by atoms with Gasteiger partial charge in [-0.15, -0.1) is 0 Å². The van der Waals surface area contributed by atoms with Crippen molar-refractivity contribution in [1.82, 2.24) is 0 Å². The maximum absolute atomic E-state index is 9.65. The summed E-state index contributed by atoms with van der Waals surface area (Å²) in [5.74, 6) is 0. The highest BCUT2D eigenvalue weighted by Crippen LogP contribution is 1.93. The summed E-state index contributed by atoms with van der Waals surface area (Å²) in [4.78, 5) is 9.65. The van der Waals surface area contributed by atoms with Crippen LogP contribution in [0, 0.1) is 0 Å². The molecule has 8 heavy (non-hydrogen) atoms. The third-order valence-corrected chi connectivity index (χ3v) is 0.895. The molecular formula is C5H10O3. The first kappa shape index (κ1) is 7.59. The number of aldehydes is 1. The van der Waals surface area contributed by atoms with Crippen LogP contribution in [0.15, 0.2) is 0 Å². The van der Waals surface area contributed by atoms with E-state index in [2.05, 4.69) is 0 Å². The third-order valence-electron chi connectivity index (χ3n) is 0.895. The van der Waals surface area contributed by atoms with E-state index < -0.39 is 12.2 Å². The van der Waals surface area contributed by atoms with Gasteiger partial charge in [-0.25, -0.2) is 0 Å². The van der Waals surface area contributed by atoms with E-state index in [0.29, 0.717) is 6.29 Å². The second-order valence-corrected chi connectivity index (χ2v) is 1.71. The van der Waals surface area contributed by atoms with Crippen LogP contribution in [0.4, 0.5) is 0 Å². The number of hydrogen-bond acceptors (Lipinski definition) is 3. The first-order valence-electron chi connectivity index (χ1n) is 2.48. The van der Waals surface area contributed by atoms with Crippen molar-refractivity contribution < 1.29 is 15.0 Å². The molecule has 0 radical (unpaired) electrons. The summed E-state index contributed by atoms with van der Waals surface area (Å²) in [5.41, 5.74) is 0. The number of carbonyl (C=O) groups excluding carboxylic acids is 1. The predicted molar refractivity (Wildman–Crippen MR) is 28.4 cm³/mol. The Morgan fingerprint density at radius 2 is 2.12 bits per heavy atom. The predicted octanol–water partition coefficient (Wildman–Crippen LogP) is -0.683. The Kier molecular flexibility index (Phi) is 3.39. The molecule has 0 spiro atoms. The number of aliphatic hydroxyl groups excluding tert-OH is 2. The molecule has 0 aliphatic carbocycles. The summed E-state index contributed by atoms with van der Waals surface area (Å²) in [6.45, 7) is 1.44. The van der Waals surface area contributed by atoms with Gasteiger partial charge in [0.15, 0.2) is 0 Å². The Morgan fingerprint density at radius 3 is 2.25 bits per heavy atom. The van der Waals surface area contributed by atoms with Gasteiger partial charge in [0.05, 0.1) is 12.2 Å². The maximum Gasteiger partial charge on any atom is 0.122 e. The Bertz CT molecular complexity index is 70.1. The van der Waals surface area contributed by atoms with Crippen molar-refractivity contribution in [2.45, 2.75) is 25.6 Å². The first-order chi connectivity index (χ1) is 3.68. The molecule has 2 atom stereocenters. The minimum atomic E-state index is -0.896. The summed E-state index contributed by atoms with van der Waals surface area (Å²) in [6.07, 6.45) is -1.11. The normalized spacial score (nSPS) is 17.4. The maximum atomic E-state index is 9.65. The summed E-state index contributed by atoms with van der Waals surface area (Å²) in [7, 11) is 0. The van der Waals surface area contributed by atoms with Crippen LogP contribution >= 0.6 is 0 Å². The number of rotatable bonds is 3. The fourth-order valence-electron chi connectivity index (χ4n) is 0.296. The van der Waals surface area contributed by atoms with Gasteiger partial charge in [0.2, 0.25) is 0 Å². The molecule has 3 heteroatoms. The van der Waals surface area contributed by atoms with Crippen LogP contribution in [0.3, 0.4) is 0 Å². The second-order valence-electron chi connectivity index (χ2n) is 1.71. The molecule has 48 valence electrons. The molecule has 0 heterocycles. The third kappa shape index (κ3) is 2.71. The molecule has 2 N–H and O–H groups in total. The van der Waals surface area contributed by atoms with Crippen LogP contribution in [-0.2, 0) is 4.79 Å². The average molecular weight is 118 g/mol. The lowest BCUT2D eigenvalue weighted by Crippen LogP contribution is -2.22. The van der Waals surface area contributed by atoms with E-state index in [-0.39, 0.29) is 6.42 Å². The molecule has 0 saturated heterocycles. The van der Waals surface area contributed by atoms with Crippen molar-refractivity contribution in [2.75, 3.05) is 0 Å². The number of hydrogen-bond donors (Lipinski definition) is 2. The highest BCUT2D eigenvalue weighted by atomic mass is 16.3. The van der Waals surface area contributed by atoms with Gasteiger partial charge in [0, 0.05) is 6.42 Å². The van der Waals surface area contributed by atoms with Crippen LogP contribution in [0.25, 0.3) is 0 Å². The zero-order chi connectivity index (χ0) is 6.57. The van der Waals surface area contributed by atoms with Gasteiger partial charge in [0.25, 0.3) is 0 Å². The van der Waals surface area contributed by atoms with Gasteiger partial charge in [-0.1, -0.05) is 0 Å². The van der Waals surface area contributed by atoms with Crippen molar-refractivity contribution in [2.24, 2.45) is 0 Å². The second kappa shape index (κ2) is 3.57. The summed E-state index contributed by atoms with van der Waals surface area (Å²) < 4.78 is 0. The van der Waals surface area contributed by atoms with E-state index in [1.54, 1.807) is 0 Å². The Labute approximate surface area is 47.9 Å². The van der Waals surface area contributed by atoms with Crippen molar-refractivity contribution >= 4 is 6.29 Å². The van der Waals surface area contributed by atoms with Crippen LogP contribution < -0.4 is 0 Å². The highest BCUT2D eigenvalue weighted by Gasteiger charge is 2.08. The van der Waals surface area contributed by atoms with E-state index in [0.717, 1.165) is 0 Å². The lowest BCUT2D eigenvalue weighted by atomic mass is 10.2. The lowest BCUT2D eigenvalue weighted by Gasteiger charge is -2.07. The molecule has 0 aliphatic rings. The molecule has 0 bridgehead atoms. The molecular weight excluding hydrogens is 108 g/mol. The van der Waals surface area contributed by atoms with E-state index in [4.69, 9.17) is 10.2 Å². The van der Waals surface area contributed by atoms with Gasteiger partial charge in [-0.05, 0) is 6.92 Å². The van der Waals surface area contributed by atoms with E-state index in [1.807, 2.05) is 0 Å². The summed E-state index contributed by atoms with van der Waals surface area (Å²) in [6, 6.07) is 0. The minimum Gasteiger partial charge on any atom is -0.391 e. The first-order valence-corrected chi connectivity index (χ1v) is 2.48. The van der Waals surface area contributed by atoms with E-state index in [1.165, 1.54) is 6.92 Å². The van der Waals surface area contributed by atoms with Gasteiger partial charge >= 0.3 is 0 Å². The fraction of sp³-hybridized carbons (Fsp3) is 0.800. The fourth-order valence-corrected chi connectivity index (χ4v) is 0.296. The molecule has 0 aromatic carbocycles. The summed E-state index contributed by atoms with van der Waals surface area (Å²) >= 11 is 0. The standard InChI is InChI=1S/C5H10O3/c1-4(7)5(8)2-3-6/h3-5,7-8H,2H2,1H3/t4-,5-/m1/s1. The lowest BCUT2D eigenvalue weighted by molar-refractivity contribution is -0.111. The van der Waals surface area contributed by atoms with E-state index >= 15 is 0 Å². The molecule has 0 aromatic rings. The molecule has 0 rings (SSSR count). The van der Waals surface area contributed by atoms with Crippen molar-refractivity contribution in [1.29, 1.82) is 0 Å². The van der Waals surface area contributed by atoms with Gasteiger partial charge in [0.1, 0.15) is 6.29 Å².